The van der Waals surface area contributed by atoms with E-state index in [2.05, 4.69) is 13.8 Å². The first-order valence-electron chi connectivity index (χ1n) is 4.87. The minimum Gasteiger partial charge on any atom is -0.341 e. The van der Waals surface area contributed by atoms with E-state index in [9.17, 15) is 4.79 Å². The van der Waals surface area contributed by atoms with Crippen LogP contribution in [0, 0.1) is 17.3 Å². The Labute approximate surface area is 84.2 Å². The fourth-order valence-corrected chi connectivity index (χ4v) is 2.70. The van der Waals surface area contributed by atoms with Crippen molar-refractivity contribution in [2.24, 2.45) is 17.3 Å². The van der Waals surface area contributed by atoms with Gasteiger partial charge in [-0.2, -0.15) is 0 Å². The van der Waals surface area contributed by atoms with Gasteiger partial charge in [0.25, 0.3) is 0 Å². The number of rotatable bonds is 1. The summed E-state index contributed by atoms with van der Waals surface area (Å²) in [7, 11) is 0. The number of hydrogen-bond donors (Lipinski definition) is 0. The van der Waals surface area contributed by atoms with E-state index in [4.69, 9.17) is 11.6 Å². The first-order chi connectivity index (χ1) is 5.94. The van der Waals surface area contributed by atoms with E-state index in [1.165, 1.54) is 0 Å². The molecule has 1 saturated carbocycles. The van der Waals surface area contributed by atoms with Crippen LogP contribution in [-0.4, -0.2) is 29.3 Å². The number of amides is 1. The largest absolute Gasteiger partial charge is 0.341 e. The van der Waals surface area contributed by atoms with Crippen molar-refractivity contribution in [1.82, 2.24) is 4.90 Å². The fourth-order valence-electron chi connectivity index (χ4n) is 2.56. The van der Waals surface area contributed by atoms with Gasteiger partial charge in [-0.15, -0.1) is 11.6 Å². The summed E-state index contributed by atoms with van der Waals surface area (Å²) in [5.74, 6) is 1.56. The average Bonchev–Trinajstić information content (AvgIpc) is 2.53. The standard InChI is InChI=1S/C10H16ClNO/c1-6(11)9(13)12-4-7-8(5-12)10(7,2)3/h6-8H,4-5H2,1-3H3. The summed E-state index contributed by atoms with van der Waals surface area (Å²) in [6, 6.07) is 0. The zero-order valence-electron chi connectivity index (χ0n) is 8.38. The van der Waals surface area contributed by atoms with Gasteiger partial charge in [-0.05, 0) is 24.2 Å². The fraction of sp³-hybridized carbons (Fsp3) is 0.900. The van der Waals surface area contributed by atoms with E-state index in [1.807, 2.05) is 4.90 Å². The molecule has 0 spiro atoms. The maximum atomic E-state index is 11.5. The van der Waals surface area contributed by atoms with Gasteiger partial charge in [-0.1, -0.05) is 13.8 Å². The molecule has 2 rings (SSSR count). The summed E-state index contributed by atoms with van der Waals surface area (Å²) in [5.41, 5.74) is 0.479. The monoisotopic (exact) mass is 201 g/mol. The lowest BCUT2D eigenvalue weighted by atomic mass is 10.1. The Morgan fingerprint density at radius 1 is 1.46 bits per heavy atom. The maximum Gasteiger partial charge on any atom is 0.240 e. The smallest absolute Gasteiger partial charge is 0.240 e. The Morgan fingerprint density at radius 2 is 1.92 bits per heavy atom. The third-order valence-corrected chi connectivity index (χ3v) is 3.96. The summed E-state index contributed by atoms with van der Waals surface area (Å²) in [4.78, 5) is 13.4. The Balaban J connectivity index is 1.94. The summed E-state index contributed by atoms with van der Waals surface area (Å²) >= 11 is 5.75. The maximum absolute atomic E-state index is 11.5. The first kappa shape index (κ1) is 9.32. The predicted octanol–water partition coefficient (Wildman–Crippen LogP) is 1.73. The molecule has 0 N–H and O–H groups in total. The van der Waals surface area contributed by atoms with E-state index in [1.54, 1.807) is 6.92 Å². The van der Waals surface area contributed by atoms with Gasteiger partial charge in [0.1, 0.15) is 5.38 Å². The van der Waals surface area contributed by atoms with E-state index in [0.29, 0.717) is 5.41 Å². The Hall–Kier alpha value is -0.240. The molecule has 0 bridgehead atoms. The van der Waals surface area contributed by atoms with Crippen LogP contribution in [0.5, 0.6) is 0 Å². The van der Waals surface area contributed by atoms with E-state index < -0.39 is 0 Å². The summed E-state index contributed by atoms with van der Waals surface area (Å²) < 4.78 is 0. The number of hydrogen-bond acceptors (Lipinski definition) is 1. The second kappa shape index (κ2) is 2.63. The highest BCUT2D eigenvalue weighted by Gasteiger charge is 2.62. The van der Waals surface area contributed by atoms with Crippen LogP contribution in [0.25, 0.3) is 0 Å². The topological polar surface area (TPSA) is 20.3 Å². The lowest BCUT2D eigenvalue weighted by Crippen LogP contribution is -2.36. The highest BCUT2D eigenvalue weighted by atomic mass is 35.5. The molecule has 1 aliphatic heterocycles. The van der Waals surface area contributed by atoms with Crippen molar-refractivity contribution in [3.63, 3.8) is 0 Å². The highest BCUT2D eigenvalue weighted by Crippen LogP contribution is 2.61. The molecule has 1 heterocycles. The number of carbonyl (C=O) groups excluding carboxylic acids is 1. The molecule has 1 amide bonds. The number of fused-ring (bicyclic) bond motifs is 1. The van der Waals surface area contributed by atoms with Crippen LogP contribution < -0.4 is 0 Å². The molecule has 1 aliphatic carbocycles. The molecule has 3 atom stereocenters. The lowest BCUT2D eigenvalue weighted by molar-refractivity contribution is -0.130. The van der Waals surface area contributed by atoms with Crippen LogP contribution in [0.2, 0.25) is 0 Å². The second-order valence-electron chi connectivity index (χ2n) is 4.89. The molecule has 2 nitrogen and oxygen atoms in total. The number of likely N-dealkylation sites (tertiary alicyclic amines) is 1. The van der Waals surface area contributed by atoms with Crippen molar-refractivity contribution in [2.75, 3.05) is 13.1 Å². The van der Waals surface area contributed by atoms with Crippen LogP contribution in [0.3, 0.4) is 0 Å². The molecule has 2 aliphatic rings. The van der Waals surface area contributed by atoms with Gasteiger partial charge in [-0.25, -0.2) is 0 Å². The van der Waals surface area contributed by atoms with Crippen molar-refractivity contribution in [2.45, 2.75) is 26.1 Å². The molecule has 0 aromatic heterocycles. The molecule has 3 unspecified atom stereocenters. The van der Waals surface area contributed by atoms with Crippen molar-refractivity contribution in [1.29, 1.82) is 0 Å². The first-order valence-corrected chi connectivity index (χ1v) is 5.31. The molecule has 74 valence electrons. The molecule has 2 fully saturated rings. The number of alkyl halides is 1. The Morgan fingerprint density at radius 3 is 2.31 bits per heavy atom. The zero-order chi connectivity index (χ0) is 9.80. The van der Waals surface area contributed by atoms with Gasteiger partial charge >= 0.3 is 0 Å². The number of nitrogens with zero attached hydrogens (tertiary/aromatic N) is 1. The lowest BCUT2D eigenvalue weighted by Gasteiger charge is -2.22. The van der Waals surface area contributed by atoms with Crippen LogP contribution in [0.15, 0.2) is 0 Å². The van der Waals surface area contributed by atoms with Crippen LogP contribution in [-0.2, 0) is 4.79 Å². The van der Waals surface area contributed by atoms with Gasteiger partial charge in [0.05, 0.1) is 0 Å². The molecule has 0 aromatic rings. The summed E-state index contributed by atoms with van der Waals surface area (Å²) in [5, 5.41) is -0.361. The minimum absolute atomic E-state index is 0.102. The summed E-state index contributed by atoms with van der Waals surface area (Å²) in [6.45, 7) is 8.17. The molecular weight excluding hydrogens is 186 g/mol. The van der Waals surface area contributed by atoms with Crippen molar-refractivity contribution in [3.05, 3.63) is 0 Å². The molecular formula is C10H16ClNO. The van der Waals surface area contributed by atoms with Crippen LogP contribution in [0.1, 0.15) is 20.8 Å². The highest BCUT2D eigenvalue weighted by molar-refractivity contribution is 6.30. The number of carbonyl (C=O) groups is 1. The Kier molecular flexibility index (Phi) is 1.88. The molecule has 0 aromatic carbocycles. The normalized spacial score (nSPS) is 37.1. The SMILES string of the molecule is CC(Cl)C(=O)N1CC2C(C1)C2(C)C. The quantitative estimate of drug-likeness (QED) is 0.592. The van der Waals surface area contributed by atoms with E-state index >= 15 is 0 Å². The molecule has 13 heavy (non-hydrogen) atoms. The molecule has 3 heteroatoms. The van der Waals surface area contributed by atoms with Gasteiger partial charge in [0.2, 0.25) is 5.91 Å². The third-order valence-electron chi connectivity index (χ3n) is 3.77. The zero-order valence-corrected chi connectivity index (χ0v) is 9.14. The van der Waals surface area contributed by atoms with E-state index in [0.717, 1.165) is 24.9 Å². The predicted molar refractivity (Wildman–Crippen MR) is 52.7 cm³/mol. The Bertz CT molecular complexity index is 235. The minimum atomic E-state index is -0.361. The molecule has 1 saturated heterocycles. The number of halogens is 1. The molecule has 0 radical (unpaired) electrons. The van der Waals surface area contributed by atoms with Crippen molar-refractivity contribution < 1.29 is 4.79 Å². The van der Waals surface area contributed by atoms with Crippen LogP contribution >= 0.6 is 11.6 Å². The van der Waals surface area contributed by atoms with Gasteiger partial charge in [0.15, 0.2) is 0 Å². The third kappa shape index (κ3) is 1.26. The van der Waals surface area contributed by atoms with Crippen molar-refractivity contribution >= 4 is 17.5 Å². The summed E-state index contributed by atoms with van der Waals surface area (Å²) in [6.07, 6.45) is 0. The van der Waals surface area contributed by atoms with Crippen molar-refractivity contribution in [3.8, 4) is 0 Å². The van der Waals surface area contributed by atoms with Gasteiger partial charge < -0.3 is 4.90 Å². The van der Waals surface area contributed by atoms with Gasteiger partial charge in [0, 0.05) is 13.1 Å². The second-order valence-corrected chi connectivity index (χ2v) is 5.55. The van der Waals surface area contributed by atoms with Gasteiger partial charge in [-0.3, -0.25) is 4.79 Å². The number of piperidine rings is 1. The van der Waals surface area contributed by atoms with Crippen LogP contribution in [0.4, 0.5) is 0 Å². The average molecular weight is 202 g/mol. The van der Waals surface area contributed by atoms with E-state index in [-0.39, 0.29) is 11.3 Å².